The number of thiol groups is 1. The Balaban J connectivity index is 2.02. The molecule has 0 fully saturated rings. The van der Waals surface area contributed by atoms with E-state index < -0.39 is 0 Å². The molecular formula is C18H22BrN3OS. The molecule has 0 N–H and O–H groups in total. The van der Waals surface area contributed by atoms with E-state index in [0.29, 0.717) is 12.5 Å². The van der Waals surface area contributed by atoms with Crippen molar-refractivity contribution in [2.24, 2.45) is 5.92 Å². The van der Waals surface area contributed by atoms with Crippen LogP contribution in [-0.2, 0) is 4.74 Å². The Morgan fingerprint density at radius 2 is 2.17 bits per heavy atom. The number of hydrogen-bond acceptors (Lipinski definition) is 4. The first kappa shape index (κ1) is 17.7. The number of nitrogens with zero attached hydrogens (tertiary/aromatic N) is 3. The van der Waals surface area contributed by atoms with Gasteiger partial charge in [0, 0.05) is 11.3 Å². The van der Waals surface area contributed by atoms with E-state index in [4.69, 9.17) is 4.74 Å². The third-order valence-electron chi connectivity index (χ3n) is 4.61. The van der Waals surface area contributed by atoms with E-state index in [1.165, 1.54) is 5.57 Å². The second-order valence-corrected chi connectivity index (χ2v) is 8.09. The molecule has 1 unspecified atom stereocenters. The van der Waals surface area contributed by atoms with Gasteiger partial charge in [0.25, 0.3) is 0 Å². The number of rotatable bonds is 3. The molecule has 1 aromatic heterocycles. The van der Waals surface area contributed by atoms with E-state index >= 15 is 0 Å². The predicted octanol–water partition coefficient (Wildman–Crippen LogP) is 4.97. The van der Waals surface area contributed by atoms with Crippen LogP contribution in [0, 0.1) is 12.8 Å². The zero-order valence-corrected chi connectivity index (χ0v) is 16.6. The predicted molar refractivity (Wildman–Crippen MR) is 104 cm³/mol. The van der Waals surface area contributed by atoms with Gasteiger partial charge < -0.3 is 4.74 Å². The Labute approximate surface area is 156 Å². The standard InChI is InChI=1S/C18H22BrN3OS/c1-11-16(10-23-12(2)18-21-20-13(3)22(11)18)15(17(19)24)9-14-7-5-4-6-8-14/h4-7,12,14,24H,8-10H2,1-3H3/b17-15-/t12-,14?/m0/s1. The number of halogens is 1. The van der Waals surface area contributed by atoms with E-state index in [-0.39, 0.29) is 6.10 Å². The van der Waals surface area contributed by atoms with Crippen molar-refractivity contribution < 1.29 is 4.74 Å². The first-order valence-corrected chi connectivity index (χ1v) is 9.38. The van der Waals surface area contributed by atoms with Gasteiger partial charge in [-0.25, -0.2) is 0 Å². The summed E-state index contributed by atoms with van der Waals surface area (Å²) in [5.74, 6) is 2.22. The van der Waals surface area contributed by atoms with Crippen LogP contribution in [-0.4, -0.2) is 21.4 Å². The fourth-order valence-corrected chi connectivity index (χ4v) is 3.89. The third kappa shape index (κ3) is 3.46. The summed E-state index contributed by atoms with van der Waals surface area (Å²) < 4.78 is 9.01. The van der Waals surface area contributed by atoms with E-state index in [1.807, 2.05) is 13.8 Å². The minimum absolute atomic E-state index is 0.0869. The summed E-state index contributed by atoms with van der Waals surface area (Å²) in [6.45, 7) is 6.65. The van der Waals surface area contributed by atoms with Crippen molar-refractivity contribution in [2.75, 3.05) is 6.61 Å². The summed E-state index contributed by atoms with van der Waals surface area (Å²) in [5, 5.41) is 8.52. The molecular weight excluding hydrogens is 386 g/mol. The lowest BCUT2D eigenvalue weighted by Crippen LogP contribution is -2.08. The summed E-state index contributed by atoms with van der Waals surface area (Å²) in [6, 6.07) is 0. The van der Waals surface area contributed by atoms with E-state index in [0.717, 1.165) is 39.6 Å². The van der Waals surface area contributed by atoms with Crippen molar-refractivity contribution in [3.8, 4) is 0 Å². The molecule has 0 radical (unpaired) electrons. The van der Waals surface area contributed by atoms with Gasteiger partial charge in [-0.15, -0.1) is 22.8 Å². The number of allylic oxidation sites excluding steroid dienone is 5. The smallest absolute Gasteiger partial charge is 0.166 e. The summed E-state index contributed by atoms with van der Waals surface area (Å²) in [7, 11) is 0. The summed E-state index contributed by atoms with van der Waals surface area (Å²) in [4.78, 5) is 0. The van der Waals surface area contributed by atoms with Crippen molar-refractivity contribution in [1.29, 1.82) is 0 Å². The molecule has 2 aliphatic rings. The fraction of sp³-hybridized carbons (Fsp3) is 0.444. The molecule has 0 spiro atoms. The van der Waals surface area contributed by atoms with Crippen LogP contribution in [0.5, 0.6) is 0 Å². The van der Waals surface area contributed by atoms with Gasteiger partial charge in [-0.2, -0.15) is 0 Å². The maximum Gasteiger partial charge on any atom is 0.166 e. The Hall–Kier alpha value is -1.11. The van der Waals surface area contributed by atoms with Gasteiger partial charge >= 0.3 is 0 Å². The third-order valence-corrected chi connectivity index (χ3v) is 5.36. The number of fused-ring (bicyclic) bond motifs is 1. The quantitative estimate of drug-likeness (QED) is 0.718. The van der Waals surface area contributed by atoms with Crippen LogP contribution in [0.2, 0.25) is 0 Å². The van der Waals surface area contributed by atoms with Crippen LogP contribution < -0.4 is 0 Å². The summed E-state index contributed by atoms with van der Waals surface area (Å²) >= 11 is 8.20. The van der Waals surface area contributed by atoms with Crippen LogP contribution in [0.1, 0.15) is 44.4 Å². The highest BCUT2D eigenvalue weighted by Crippen LogP contribution is 2.37. The molecule has 0 saturated heterocycles. The molecule has 3 rings (SSSR count). The molecule has 24 heavy (non-hydrogen) atoms. The van der Waals surface area contributed by atoms with Crippen LogP contribution in [0.3, 0.4) is 0 Å². The van der Waals surface area contributed by atoms with Gasteiger partial charge in [-0.05, 0) is 61.0 Å². The van der Waals surface area contributed by atoms with Crippen molar-refractivity contribution in [2.45, 2.75) is 39.7 Å². The maximum absolute atomic E-state index is 6.04. The van der Waals surface area contributed by atoms with Crippen molar-refractivity contribution >= 4 is 34.3 Å². The lowest BCUT2D eigenvalue weighted by atomic mass is 9.90. The average molecular weight is 408 g/mol. The Bertz CT molecular complexity index is 756. The molecule has 2 atom stereocenters. The van der Waals surface area contributed by atoms with Gasteiger partial charge in [0.05, 0.1) is 10.4 Å². The minimum Gasteiger partial charge on any atom is -0.366 e. The van der Waals surface area contributed by atoms with Gasteiger partial charge in [0.15, 0.2) is 5.82 Å². The monoisotopic (exact) mass is 407 g/mol. The van der Waals surface area contributed by atoms with E-state index in [2.05, 4.69) is 74.6 Å². The summed E-state index contributed by atoms with van der Waals surface area (Å²) in [5.41, 5.74) is 3.47. The Kier molecular flexibility index (Phi) is 5.47. The molecule has 0 saturated carbocycles. The largest absolute Gasteiger partial charge is 0.366 e. The fourth-order valence-electron chi connectivity index (χ4n) is 3.26. The van der Waals surface area contributed by atoms with Gasteiger partial charge in [0.1, 0.15) is 11.9 Å². The molecule has 1 aliphatic carbocycles. The number of aryl methyl sites for hydroxylation is 1. The van der Waals surface area contributed by atoms with Crippen LogP contribution in [0.15, 0.2) is 39.3 Å². The second-order valence-electron chi connectivity index (χ2n) is 6.24. The van der Waals surface area contributed by atoms with Crippen LogP contribution >= 0.6 is 28.6 Å². The Morgan fingerprint density at radius 3 is 2.83 bits per heavy atom. The first-order chi connectivity index (χ1) is 11.5. The second kappa shape index (κ2) is 7.42. The molecule has 128 valence electrons. The van der Waals surface area contributed by atoms with Gasteiger partial charge in [0.2, 0.25) is 0 Å². The van der Waals surface area contributed by atoms with E-state index in [9.17, 15) is 0 Å². The maximum atomic E-state index is 6.04. The van der Waals surface area contributed by atoms with Crippen LogP contribution in [0.25, 0.3) is 5.70 Å². The highest BCUT2D eigenvalue weighted by atomic mass is 79.9. The normalized spacial score (nSPS) is 24.7. The summed E-state index contributed by atoms with van der Waals surface area (Å²) in [6.07, 6.45) is 10.6. The number of ether oxygens (including phenoxy) is 1. The molecule has 1 aliphatic heterocycles. The van der Waals surface area contributed by atoms with Crippen molar-refractivity contribution in [3.63, 3.8) is 0 Å². The number of aromatic nitrogens is 3. The minimum atomic E-state index is -0.0869. The van der Waals surface area contributed by atoms with Crippen molar-refractivity contribution in [1.82, 2.24) is 14.8 Å². The zero-order chi connectivity index (χ0) is 17.3. The lowest BCUT2D eigenvalue weighted by Gasteiger charge is -2.20. The SMILES string of the molecule is CC1=C(/C(CC2C=CC=CC2)=C(\S)Br)CO[C@@H](C)c2nnc(C)n21. The highest BCUT2D eigenvalue weighted by molar-refractivity contribution is 9.13. The Morgan fingerprint density at radius 1 is 1.38 bits per heavy atom. The lowest BCUT2D eigenvalue weighted by molar-refractivity contribution is 0.0799. The number of hydrogen-bond donors (Lipinski definition) is 1. The average Bonchev–Trinajstić information content (AvgIpc) is 2.90. The molecule has 0 amide bonds. The highest BCUT2D eigenvalue weighted by Gasteiger charge is 2.26. The van der Waals surface area contributed by atoms with E-state index in [1.54, 1.807) is 0 Å². The molecule has 0 bridgehead atoms. The molecule has 4 nitrogen and oxygen atoms in total. The molecule has 2 heterocycles. The van der Waals surface area contributed by atoms with Crippen LogP contribution in [0.4, 0.5) is 0 Å². The molecule has 0 aromatic carbocycles. The van der Waals surface area contributed by atoms with Gasteiger partial charge in [-0.3, -0.25) is 4.57 Å². The van der Waals surface area contributed by atoms with Crippen molar-refractivity contribution in [3.05, 3.63) is 50.9 Å². The topological polar surface area (TPSA) is 39.9 Å². The molecule has 6 heteroatoms. The zero-order valence-electron chi connectivity index (χ0n) is 14.2. The molecule has 1 aromatic rings. The van der Waals surface area contributed by atoms with Gasteiger partial charge in [-0.1, -0.05) is 24.3 Å². The first-order valence-electron chi connectivity index (χ1n) is 8.14.